The summed E-state index contributed by atoms with van der Waals surface area (Å²) in [5.74, 6) is 4.49. The van der Waals surface area contributed by atoms with Gasteiger partial charge < -0.3 is 4.74 Å². The SMILES string of the molecule is Cc1ccc(C#Cc2ccc(S(=O)(=O)CC(Cc3ccccc3)C(=O)OC(C)(C)C)cc2)cc1. The Bertz CT molecular complexity index is 1270. The Balaban J connectivity index is 1.79. The smallest absolute Gasteiger partial charge is 0.310 e. The molecular weight excluding hydrogens is 444 g/mol. The number of hydrogen-bond donors (Lipinski definition) is 0. The van der Waals surface area contributed by atoms with Gasteiger partial charge in [0, 0.05) is 11.1 Å². The van der Waals surface area contributed by atoms with Gasteiger partial charge in [0.2, 0.25) is 0 Å². The molecule has 0 saturated carbocycles. The summed E-state index contributed by atoms with van der Waals surface area (Å²) in [4.78, 5) is 13.0. The fourth-order valence-corrected chi connectivity index (χ4v) is 4.91. The molecule has 0 aliphatic rings. The van der Waals surface area contributed by atoms with E-state index in [1.54, 1.807) is 45.0 Å². The number of carbonyl (C=O) groups is 1. The lowest BCUT2D eigenvalue weighted by molar-refractivity contribution is -0.159. The van der Waals surface area contributed by atoms with E-state index in [1.165, 1.54) is 0 Å². The van der Waals surface area contributed by atoms with E-state index in [4.69, 9.17) is 4.74 Å². The molecule has 5 heteroatoms. The molecule has 0 aliphatic heterocycles. The molecule has 4 nitrogen and oxygen atoms in total. The van der Waals surface area contributed by atoms with Gasteiger partial charge in [-0.25, -0.2) is 8.42 Å². The molecule has 0 aromatic heterocycles. The van der Waals surface area contributed by atoms with Crippen LogP contribution in [-0.2, 0) is 25.8 Å². The Morgan fingerprint density at radius 2 is 1.38 bits per heavy atom. The monoisotopic (exact) mass is 474 g/mol. The minimum atomic E-state index is -3.72. The maximum Gasteiger partial charge on any atom is 0.310 e. The van der Waals surface area contributed by atoms with Crippen molar-refractivity contribution in [3.8, 4) is 11.8 Å². The third kappa shape index (κ3) is 7.60. The number of esters is 1. The van der Waals surface area contributed by atoms with Crippen molar-refractivity contribution in [2.45, 2.75) is 44.6 Å². The van der Waals surface area contributed by atoms with Gasteiger partial charge in [-0.1, -0.05) is 59.9 Å². The van der Waals surface area contributed by atoms with E-state index in [2.05, 4.69) is 11.8 Å². The van der Waals surface area contributed by atoms with E-state index in [1.807, 2.05) is 61.5 Å². The lowest BCUT2D eigenvalue weighted by Gasteiger charge is -2.24. The number of rotatable bonds is 6. The Hall–Kier alpha value is -3.36. The predicted octanol–water partition coefficient (Wildman–Crippen LogP) is 5.37. The number of ether oxygens (including phenoxy) is 1. The number of sulfone groups is 1. The topological polar surface area (TPSA) is 60.4 Å². The molecule has 34 heavy (non-hydrogen) atoms. The fraction of sp³-hybridized carbons (Fsp3) is 0.276. The molecule has 1 unspecified atom stereocenters. The van der Waals surface area contributed by atoms with Crippen LogP contribution in [0.5, 0.6) is 0 Å². The molecule has 3 aromatic rings. The molecule has 0 radical (unpaired) electrons. The summed E-state index contributed by atoms with van der Waals surface area (Å²) in [5, 5.41) is 0. The molecule has 0 amide bonds. The minimum Gasteiger partial charge on any atom is -0.460 e. The van der Waals surface area contributed by atoms with Gasteiger partial charge in [0.1, 0.15) is 5.60 Å². The molecule has 0 saturated heterocycles. The number of hydrogen-bond acceptors (Lipinski definition) is 4. The summed E-state index contributed by atoms with van der Waals surface area (Å²) in [6.45, 7) is 7.34. The molecule has 176 valence electrons. The average Bonchev–Trinajstić information content (AvgIpc) is 2.78. The van der Waals surface area contributed by atoms with Crippen molar-refractivity contribution in [1.82, 2.24) is 0 Å². The van der Waals surface area contributed by atoms with Crippen LogP contribution in [0.25, 0.3) is 0 Å². The van der Waals surface area contributed by atoms with Crippen LogP contribution in [0.3, 0.4) is 0 Å². The van der Waals surface area contributed by atoms with Crippen molar-refractivity contribution in [1.29, 1.82) is 0 Å². The van der Waals surface area contributed by atoms with Crippen LogP contribution in [0, 0.1) is 24.7 Å². The molecule has 3 rings (SSSR count). The zero-order valence-corrected chi connectivity index (χ0v) is 20.9. The highest BCUT2D eigenvalue weighted by Crippen LogP contribution is 2.21. The third-order valence-electron chi connectivity index (χ3n) is 5.10. The van der Waals surface area contributed by atoms with E-state index in [0.717, 1.165) is 16.7 Å². The van der Waals surface area contributed by atoms with Gasteiger partial charge in [-0.05, 0) is 76.1 Å². The fourth-order valence-electron chi connectivity index (χ4n) is 3.38. The van der Waals surface area contributed by atoms with Gasteiger partial charge in [0.05, 0.1) is 16.6 Å². The normalized spacial score (nSPS) is 12.4. The van der Waals surface area contributed by atoms with Gasteiger partial charge in [-0.15, -0.1) is 0 Å². The number of aryl methyl sites for hydroxylation is 1. The molecule has 0 spiro atoms. The molecule has 0 aliphatic carbocycles. The number of benzene rings is 3. The summed E-state index contributed by atoms with van der Waals surface area (Å²) >= 11 is 0. The van der Waals surface area contributed by atoms with E-state index in [-0.39, 0.29) is 17.1 Å². The summed E-state index contributed by atoms with van der Waals surface area (Å²) < 4.78 is 31.9. The molecular formula is C29H30O4S. The largest absolute Gasteiger partial charge is 0.460 e. The Labute approximate surface area is 202 Å². The average molecular weight is 475 g/mol. The highest BCUT2D eigenvalue weighted by atomic mass is 32.2. The zero-order valence-electron chi connectivity index (χ0n) is 20.0. The molecule has 0 fully saturated rings. The third-order valence-corrected chi connectivity index (χ3v) is 6.93. The molecule has 0 heterocycles. The van der Waals surface area contributed by atoms with Crippen LogP contribution in [0.1, 0.15) is 43.0 Å². The summed E-state index contributed by atoms with van der Waals surface area (Å²) in [6.07, 6.45) is 0.287. The van der Waals surface area contributed by atoms with Crippen LogP contribution in [0.2, 0.25) is 0 Å². The second-order valence-corrected chi connectivity index (χ2v) is 11.4. The summed E-state index contributed by atoms with van der Waals surface area (Å²) in [6, 6.07) is 23.7. The Morgan fingerprint density at radius 3 is 1.91 bits per heavy atom. The van der Waals surface area contributed by atoms with E-state index in [0.29, 0.717) is 5.56 Å². The van der Waals surface area contributed by atoms with Crippen molar-refractivity contribution in [3.63, 3.8) is 0 Å². The predicted molar refractivity (Wildman–Crippen MR) is 135 cm³/mol. The van der Waals surface area contributed by atoms with Crippen LogP contribution in [-0.4, -0.2) is 25.7 Å². The lowest BCUT2D eigenvalue weighted by Crippen LogP contribution is -2.33. The highest BCUT2D eigenvalue weighted by molar-refractivity contribution is 7.91. The van der Waals surface area contributed by atoms with Gasteiger partial charge in [0.25, 0.3) is 0 Å². The standard InChI is InChI=1S/C29H30O4S/c1-22-10-12-23(13-11-22)14-15-24-16-18-27(19-17-24)34(31,32)21-26(28(30)33-29(2,3)4)20-25-8-6-5-7-9-25/h5-13,16-19,26H,20-21H2,1-4H3. The second kappa shape index (κ2) is 10.7. The second-order valence-electron chi connectivity index (χ2n) is 9.34. The van der Waals surface area contributed by atoms with Gasteiger partial charge >= 0.3 is 5.97 Å². The first-order chi connectivity index (χ1) is 16.0. The van der Waals surface area contributed by atoms with Crippen molar-refractivity contribution in [3.05, 3.63) is 101 Å². The quantitative estimate of drug-likeness (QED) is 0.356. The van der Waals surface area contributed by atoms with Crippen molar-refractivity contribution < 1.29 is 17.9 Å². The van der Waals surface area contributed by atoms with E-state index < -0.39 is 27.3 Å². The van der Waals surface area contributed by atoms with Crippen LogP contribution >= 0.6 is 0 Å². The molecule has 3 aromatic carbocycles. The Kier molecular flexibility index (Phi) is 7.96. The first kappa shape index (κ1) is 25.3. The molecule has 1 atom stereocenters. The van der Waals surface area contributed by atoms with Crippen LogP contribution < -0.4 is 0 Å². The van der Waals surface area contributed by atoms with Gasteiger partial charge in [-0.2, -0.15) is 0 Å². The van der Waals surface area contributed by atoms with E-state index in [9.17, 15) is 13.2 Å². The Morgan fingerprint density at radius 1 is 0.853 bits per heavy atom. The maximum absolute atomic E-state index is 13.2. The molecule has 0 N–H and O–H groups in total. The number of carbonyl (C=O) groups excluding carboxylic acids is 1. The first-order valence-corrected chi connectivity index (χ1v) is 12.9. The van der Waals surface area contributed by atoms with Crippen molar-refractivity contribution in [2.75, 3.05) is 5.75 Å². The maximum atomic E-state index is 13.2. The van der Waals surface area contributed by atoms with Gasteiger partial charge in [-0.3, -0.25) is 4.79 Å². The lowest BCUT2D eigenvalue weighted by atomic mass is 10.0. The van der Waals surface area contributed by atoms with Crippen molar-refractivity contribution in [2.24, 2.45) is 5.92 Å². The first-order valence-electron chi connectivity index (χ1n) is 11.2. The van der Waals surface area contributed by atoms with Crippen LogP contribution in [0.15, 0.2) is 83.8 Å². The van der Waals surface area contributed by atoms with E-state index >= 15 is 0 Å². The molecule has 0 bridgehead atoms. The van der Waals surface area contributed by atoms with Crippen molar-refractivity contribution >= 4 is 15.8 Å². The zero-order chi connectivity index (χ0) is 24.8. The van der Waals surface area contributed by atoms with Gasteiger partial charge in [0.15, 0.2) is 9.84 Å². The minimum absolute atomic E-state index is 0.162. The highest BCUT2D eigenvalue weighted by Gasteiger charge is 2.31. The summed E-state index contributed by atoms with van der Waals surface area (Å²) in [5.41, 5.74) is 2.95. The van der Waals surface area contributed by atoms with Crippen LogP contribution in [0.4, 0.5) is 0 Å². The summed E-state index contributed by atoms with van der Waals surface area (Å²) in [7, 11) is -3.72.